The van der Waals surface area contributed by atoms with E-state index >= 15 is 0 Å². The van der Waals surface area contributed by atoms with Crippen molar-refractivity contribution in [3.8, 4) is 5.75 Å². The van der Waals surface area contributed by atoms with Gasteiger partial charge in [0.15, 0.2) is 0 Å². The summed E-state index contributed by atoms with van der Waals surface area (Å²) < 4.78 is 7.41. The molecule has 0 spiro atoms. The van der Waals surface area contributed by atoms with Crippen molar-refractivity contribution in [2.24, 2.45) is 0 Å². The molecule has 0 fully saturated rings. The van der Waals surface area contributed by atoms with Gasteiger partial charge in [-0.3, -0.25) is 9.67 Å². The minimum absolute atomic E-state index is 0.662. The SMILES string of the molecule is CCNCc1cn(Cc2ncc(C)c(OC)c2C)nc1C. The quantitative estimate of drug-likeness (QED) is 0.886. The third kappa shape index (κ3) is 3.42. The summed E-state index contributed by atoms with van der Waals surface area (Å²) in [4.78, 5) is 4.53. The first-order valence-corrected chi connectivity index (χ1v) is 7.29. The second-order valence-electron chi connectivity index (χ2n) is 5.26. The van der Waals surface area contributed by atoms with Gasteiger partial charge in [-0.15, -0.1) is 0 Å². The van der Waals surface area contributed by atoms with Gasteiger partial charge in [0.25, 0.3) is 0 Å². The smallest absolute Gasteiger partial charge is 0.128 e. The Morgan fingerprint density at radius 3 is 2.71 bits per heavy atom. The standard InChI is InChI=1S/C16H24N4O/c1-6-17-8-14-9-20(19-13(14)4)10-15-12(3)16(21-5)11(2)7-18-15/h7,9,17H,6,8,10H2,1-5H3. The molecule has 2 heterocycles. The van der Waals surface area contributed by atoms with E-state index in [0.29, 0.717) is 6.54 Å². The largest absolute Gasteiger partial charge is 0.496 e. The number of nitrogens with zero attached hydrogens (tertiary/aromatic N) is 3. The minimum Gasteiger partial charge on any atom is -0.496 e. The van der Waals surface area contributed by atoms with Crippen LogP contribution >= 0.6 is 0 Å². The third-order valence-electron chi connectivity index (χ3n) is 3.68. The van der Waals surface area contributed by atoms with Crippen LogP contribution in [0.5, 0.6) is 5.75 Å². The van der Waals surface area contributed by atoms with Crippen LogP contribution in [0.2, 0.25) is 0 Å². The zero-order valence-electron chi connectivity index (χ0n) is 13.5. The first-order valence-electron chi connectivity index (χ1n) is 7.29. The second-order valence-corrected chi connectivity index (χ2v) is 5.26. The Kier molecular flexibility index (Phi) is 4.96. The molecule has 0 aromatic carbocycles. The molecule has 0 bridgehead atoms. The second kappa shape index (κ2) is 6.72. The molecule has 0 radical (unpaired) electrons. The van der Waals surface area contributed by atoms with Crippen molar-refractivity contribution >= 4 is 0 Å². The molecule has 0 atom stereocenters. The van der Waals surface area contributed by atoms with Gasteiger partial charge in [0.1, 0.15) is 5.75 Å². The average Bonchev–Trinajstić information content (AvgIpc) is 2.80. The lowest BCUT2D eigenvalue weighted by Gasteiger charge is -2.12. The molecular formula is C16H24N4O. The van der Waals surface area contributed by atoms with Crippen molar-refractivity contribution < 1.29 is 4.74 Å². The summed E-state index contributed by atoms with van der Waals surface area (Å²) in [7, 11) is 1.70. The summed E-state index contributed by atoms with van der Waals surface area (Å²) >= 11 is 0. The van der Waals surface area contributed by atoms with Crippen molar-refractivity contribution in [2.75, 3.05) is 13.7 Å². The Morgan fingerprint density at radius 1 is 1.29 bits per heavy atom. The summed E-state index contributed by atoms with van der Waals surface area (Å²) in [5.41, 5.74) is 5.43. The van der Waals surface area contributed by atoms with E-state index in [9.17, 15) is 0 Å². The van der Waals surface area contributed by atoms with Gasteiger partial charge >= 0.3 is 0 Å². The van der Waals surface area contributed by atoms with E-state index in [-0.39, 0.29) is 0 Å². The zero-order chi connectivity index (χ0) is 15.4. The molecule has 0 amide bonds. The molecule has 1 N–H and O–H groups in total. The number of ether oxygens (including phenoxy) is 1. The van der Waals surface area contributed by atoms with Crippen LogP contribution < -0.4 is 10.1 Å². The van der Waals surface area contributed by atoms with E-state index in [1.807, 2.05) is 31.6 Å². The van der Waals surface area contributed by atoms with Crippen LogP contribution in [-0.4, -0.2) is 28.4 Å². The van der Waals surface area contributed by atoms with Crippen LogP contribution in [-0.2, 0) is 13.1 Å². The summed E-state index contributed by atoms with van der Waals surface area (Å²) in [6.45, 7) is 10.7. The fourth-order valence-corrected chi connectivity index (χ4v) is 2.46. The van der Waals surface area contributed by atoms with Gasteiger partial charge in [-0.1, -0.05) is 6.92 Å². The maximum atomic E-state index is 5.46. The molecule has 0 aliphatic carbocycles. The Labute approximate surface area is 126 Å². The molecule has 114 valence electrons. The predicted molar refractivity (Wildman–Crippen MR) is 83.7 cm³/mol. The number of aryl methyl sites for hydroxylation is 2. The Bertz CT molecular complexity index is 619. The Morgan fingerprint density at radius 2 is 2.05 bits per heavy atom. The molecule has 0 aliphatic heterocycles. The number of hydrogen-bond acceptors (Lipinski definition) is 4. The molecule has 21 heavy (non-hydrogen) atoms. The lowest BCUT2D eigenvalue weighted by atomic mass is 10.1. The molecule has 0 unspecified atom stereocenters. The van der Waals surface area contributed by atoms with E-state index in [1.54, 1.807) is 7.11 Å². The normalized spacial score (nSPS) is 10.9. The number of pyridine rings is 1. The van der Waals surface area contributed by atoms with Gasteiger partial charge in [0, 0.05) is 35.6 Å². The van der Waals surface area contributed by atoms with Crippen LogP contribution in [0, 0.1) is 20.8 Å². The van der Waals surface area contributed by atoms with Crippen LogP contribution in [0.1, 0.15) is 35.0 Å². The number of methoxy groups -OCH3 is 1. The highest BCUT2D eigenvalue weighted by Gasteiger charge is 2.11. The first kappa shape index (κ1) is 15.5. The molecule has 5 nitrogen and oxygen atoms in total. The summed E-state index contributed by atoms with van der Waals surface area (Å²) in [6, 6.07) is 0. The molecule has 0 saturated carbocycles. The monoisotopic (exact) mass is 288 g/mol. The van der Waals surface area contributed by atoms with Gasteiger partial charge in [-0.2, -0.15) is 5.10 Å². The molecule has 2 aromatic heterocycles. The van der Waals surface area contributed by atoms with E-state index in [1.165, 1.54) is 5.56 Å². The highest BCUT2D eigenvalue weighted by Crippen LogP contribution is 2.24. The highest BCUT2D eigenvalue weighted by atomic mass is 16.5. The topological polar surface area (TPSA) is 52.0 Å². The number of hydrogen-bond donors (Lipinski definition) is 1. The molecular weight excluding hydrogens is 264 g/mol. The van der Waals surface area contributed by atoms with Crippen LogP contribution in [0.3, 0.4) is 0 Å². The first-order chi connectivity index (χ1) is 10.1. The lowest BCUT2D eigenvalue weighted by molar-refractivity contribution is 0.406. The molecule has 0 saturated heterocycles. The molecule has 5 heteroatoms. The lowest BCUT2D eigenvalue weighted by Crippen LogP contribution is -2.11. The Balaban J connectivity index is 2.22. The number of nitrogens with one attached hydrogen (secondary N) is 1. The van der Waals surface area contributed by atoms with Crippen LogP contribution in [0.25, 0.3) is 0 Å². The van der Waals surface area contributed by atoms with E-state index in [2.05, 4.69) is 28.5 Å². The van der Waals surface area contributed by atoms with Gasteiger partial charge in [0.2, 0.25) is 0 Å². The maximum absolute atomic E-state index is 5.46. The van der Waals surface area contributed by atoms with Crippen molar-refractivity contribution in [3.05, 3.63) is 40.5 Å². The number of aromatic nitrogens is 3. The fourth-order valence-electron chi connectivity index (χ4n) is 2.46. The average molecular weight is 288 g/mol. The van der Waals surface area contributed by atoms with E-state index < -0.39 is 0 Å². The maximum Gasteiger partial charge on any atom is 0.128 e. The van der Waals surface area contributed by atoms with Crippen LogP contribution in [0.4, 0.5) is 0 Å². The molecule has 0 aliphatic rings. The summed E-state index contributed by atoms with van der Waals surface area (Å²) in [5, 5.41) is 7.90. The summed E-state index contributed by atoms with van der Waals surface area (Å²) in [6.07, 6.45) is 3.95. The molecule has 2 aromatic rings. The minimum atomic E-state index is 0.662. The molecule has 2 rings (SSSR count). The van der Waals surface area contributed by atoms with Crippen molar-refractivity contribution in [2.45, 2.75) is 40.8 Å². The zero-order valence-corrected chi connectivity index (χ0v) is 13.5. The van der Waals surface area contributed by atoms with Gasteiger partial charge in [0.05, 0.1) is 25.0 Å². The van der Waals surface area contributed by atoms with Gasteiger partial charge in [-0.25, -0.2) is 0 Å². The fraction of sp³-hybridized carbons (Fsp3) is 0.500. The number of rotatable bonds is 6. The van der Waals surface area contributed by atoms with Crippen LogP contribution in [0.15, 0.2) is 12.4 Å². The highest BCUT2D eigenvalue weighted by molar-refractivity contribution is 5.41. The van der Waals surface area contributed by atoms with Gasteiger partial charge in [-0.05, 0) is 27.3 Å². The summed E-state index contributed by atoms with van der Waals surface area (Å²) in [5.74, 6) is 0.914. The van der Waals surface area contributed by atoms with E-state index in [4.69, 9.17) is 4.74 Å². The van der Waals surface area contributed by atoms with Gasteiger partial charge < -0.3 is 10.1 Å². The van der Waals surface area contributed by atoms with E-state index in [0.717, 1.165) is 41.4 Å². The third-order valence-corrected chi connectivity index (χ3v) is 3.68. The predicted octanol–water partition coefficient (Wildman–Crippen LogP) is 2.37. The Hall–Kier alpha value is -1.88. The van der Waals surface area contributed by atoms with Crippen molar-refractivity contribution in [3.63, 3.8) is 0 Å². The van der Waals surface area contributed by atoms with Crippen molar-refractivity contribution in [1.82, 2.24) is 20.1 Å². The van der Waals surface area contributed by atoms with Crippen molar-refractivity contribution in [1.29, 1.82) is 0 Å².